The van der Waals surface area contributed by atoms with Crippen molar-refractivity contribution in [3.05, 3.63) is 63.4 Å². The zero-order valence-corrected chi connectivity index (χ0v) is 14.5. The van der Waals surface area contributed by atoms with E-state index in [9.17, 15) is 0 Å². The second-order valence-electron chi connectivity index (χ2n) is 5.17. The van der Waals surface area contributed by atoms with Crippen molar-refractivity contribution >= 4 is 62.2 Å². The third-order valence-corrected chi connectivity index (χ3v) is 5.19. The van der Waals surface area contributed by atoms with Crippen LogP contribution in [0.2, 0.25) is 5.02 Å². The number of para-hydroxylation sites is 1. The van der Waals surface area contributed by atoms with Gasteiger partial charge in [-0.05, 0) is 29.9 Å². The van der Waals surface area contributed by atoms with Crippen molar-refractivity contribution in [1.29, 1.82) is 0 Å². The van der Waals surface area contributed by atoms with Gasteiger partial charge in [0.25, 0.3) is 0 Å². The number of allylic oxidation sites excluding steroid dienone is 2. The van der Waals surface area contributed by atoms with Crippen LogP contribution in [0.15, 0.2) is 47.8 Å². The van der Waals surface area contributed by atoms with E-state index in [1.807, 2.05) is 42.3 Å². The molecule has 4 rings (SSSR count). The van der Waals surface area contributed by atoms with E-state index in [-0.39, 0.29) is 0 Å². The molecule has 3 nitrogen and oxygen atoms in total. The summed E-state index contributed by atoms with van der Waals surface area (Å²) in [5.41, 5.74) is 3.95. The Labute approximate surface area is 147 Å². The van der Waals surface area contributed by atoms with Crippen molar-refractivity contribution in [3.63, 3.8) is 0 Å². The SMILES string of the molecule is CN1C(Cl)=C/C(=C\c2nc3ncc(Cl)cc3s2)c2ccccc21. The first-order valence-electron chi connectivity index (χ1n) is 6.96. The van der Waals surface area contributed by atoms with Crippen LogP contribution >= 0.6 is 34.5 Å². The van der Waals surface area contributed by atoms with Crippen LogP contribution in [0, 0.1) is 0 Å². The van der Waals surface area contributed by atoms with Crippen molar-refractivity contribution in [2.45, 2.75) is 0 Å². The molecule has 114 valence electrons. The van der Waals surface area contributed by atoms with Crippen LogP contribution < -0.4 is 4.90 Å². The summed E-state index contributed by atoms with van der Waals surface area (Å²) in [6, 6.07) is 10.0. The normalized spacial score (nSPS) is 15.9. The van der Waals surface area contributed by atoms with Gasteiger partial charge in [0.15, 0.2) is 5.65 Å². The van der Waals surface area contributed by atoms with Gasteiger partial charge in [0.05, 0.1) is 9.72 Å². The van der Waals surface area contributed by atoms with Gasteiger partial charge in [0.1, 0.15) is 10.2 Å². The van der Waals surface area contributed by atoms with Crippen molar-refractivity contribution in [1.82, 2.24) is 9.97 Å². The second kappa shape index (κ2) is 5.64. The fourth-order valence-corrected chi connectivity index (χ4v) is 3.90. The molecule has 0 saturated carbocycles. The van der Waals surface area contributed by atoms with E-state index in [2.05, 4.69) is 22.1 Å². The van der Waals surface area contributed by atoms with E-state index in [1.54, 1.807) is 17.5 Å². The van der Waals surface area contributed by atoms with E-state index in [1.165, 1.54) is 0 Å². The highest BCUT2D eigenvalue weighted by Crippen LogP contribution is 2.37. The zero-order valence-electron chi connectivity index (χ0n) is 12.1. The Balaban J connectivity index is 1.86. The molecule has 0 N–H and O–H groups in total. The summed E-state index contributed by atoms with van der Waals surface area (Å²) >= 11 is 13.9. The molecule has 0 bridgehead atoms. The molecular weight excluding hydrogens is 349 g/mol. The molecular formula is C17H11Cl2N3S. The highest BCUT2D eigenvalue weighted by atomic mass is 35.5. The summed E-state index contributed by atoms with van der Waals surface area (Å²) in [5.74, 6) is 0. The molecule has 2 aromatic heterocycles. The molecule has 3 aromatic rings. The van der Waals surface area contributed by atoms with Crippen LogP contribution in [0.1, 0.15) is 10.6 Å². The van der Waals surface area contributed by atoms with E-state index < -0.39 is 0 Å². The molecule has 0 radical (unpaired) electrons. The summed E-state index contributed by atoms with van der Waals surface area (Å²) < 4.78 is 0.973. The number of hydrogen-bond donors (Lipinski definition) is 0. The standard InChI is InChI=1S/C17H11Cl2N3S/c1-22-13-5-3-2-4-12(13)10(6-15(22)19)7-16-21-17-14(23-16)8-11(18)9-20-17/h2-9H,1H3/b10-7+. The minimum Gasteiger partial charge on any atom is -0.335 e. The number of thiazole rings is 1. The molecule has 3 heterocycles. The van der Waals surface area contributed by atoms with E-state index in [4.69, 9.17) is 23.2 Å². The largest absolute Gasteiger partial charge is 0.335 e. The number of aromatic nitrogens is 2. The summed E-state index contributed by atoms with van der Waals surface area (Å²) in [6.45, 7) is 0. The molecule has 1 aliphatic rings. The van der Waals surface area contributed by atoms with Crippen LogP contribution in [-0.4, -0.2) is 17.0 Å². The van der Waals surface area contributed by atoms with Gasteiger partial charge >= 0.3 is 0 Å². The number of halogens is 2. The minimum atomic E-state index is 0.618. The lowest BCUT2D eigenvalue weighted by molar-refractivity contribution is 1.16. The minimum absolute atomic E-state index is 0.618. The number of rotatable bonds is 1. The van der Waals surface area contributed by atoms with E-state index in [0.717, 1.165) is 26.5 Å². The van der Waals surface area contributed by atoms with Crippen LogP contribution in [0.25, 0.3) is 22.0 Å². The van der Waals surface area contributed by atoms with Crippen molar-refractivity contribution in [2.75, 3.05) is 11.9 Å². The summed E-state index contributed by atoms with van der Waals surface area (Å²) in [5, 5.41) is 2.18. The first-order valence-corrected chi connectivity index (χ1v) is 8.53. The molecule has 0 atom stereocenters. The first kappa shape index (κ1) is 14.7. The van der Waals surface area contributed by atoms with Crippen LogP contribution in [0.5, 0.6) is 0 Å². The Morgan fingerprint density at radius 2 is 2.04 bits per heavy atom. The Morgan fingerprint density at radius 3 is 2.91 bits per heavy atom. The lowest BCUT2D eigenvalue weighted by Gasteiger charge is -2.26. The molecule has 23 heavy (non-hydrogen) atoms. The molecule has 0 amide bonds. The van der Waals surface area contributed by atoms with Gasteiger partial charge in [-0.15, -0.1) is 11.3 Å². The highest BCUT2D eigenvalue weighted by Gasteiger charge is 2.18. The van der Waals surface area contributed by atoms with Crippen molar-refractivity contribution in [2.24, 2.45) is 0 Å². The molecule has 0 spiro atoms. The predicted molar refractivity (Wildman–Crippen MR) is 99.1 cm³/mol. The van der Waals surface area contributed by atoms with Gasteiger partial charge in [-0.2, -0.15) is 0 Å². The number of nitrogens with zero attached hydrogens (tertiary/aromatic N) is 3. The van der Waals surface area contributed by atoms with Crippen LogP contribution in [0.4, 0.5) is 5.69 Å². The predicted octanol–water partition coefficient (Wildman–Crippen LogP) is 5.42. The van der Waals surface area contributed by atoms with E-state index in [0.29, 0.717) is 15.8 Å². The number of pyridine rings is 1. The third-order valence-electron chi connectivity index (χ3n) is 3.68. The fraction of sp³-hybridized carbons (Fsp3) is 0.0588. The molecule has 0 fully saturated rings. The quantitative estimate of drug-likeness (QED) is 0.543. The molecule has 0 saturated heterocycles. The van der Waals surface area contributed by atoms with Crippen LogP contribution in [0.3, 0.4) is 0 Å². The maximum absolute atomic E-state index is 6.35. The average molecular weight is 360 g/mol. The lowest BCUT2D eigenvalue weighted by atomic mass is 10.00. The Bertz CT molecular complexity index is 975. The maximum atomic E-state index is 6.35. The summed E-state index contributed by atoms with van der Waals surface area (Å²) in [7, 11) is 1.96. The fourth-order valence-electron chi connectivity index (χ4n) is 2.55. The number of anilines is 1. The van der Waals surface area contributed by atoms with Gasteiger partial charge in [-0.25, -0.2) is 9.97 Å². The Kier molecular flexibility index (Phi) is 3.60. The third kappa shape index (κ3) is 2.63. The van der Waals surface area contributed by atoms with Gasteiger partial charge in [-0.3, -0.25) is 0 Å². The van der Waals surface area contributed by atoms with E-state index >= 15 is 0 Å². The molecule has 1 aromatic carbocycles. The van der Waals surface area contributed by atoms with Crippen molar-refractivity contribution in [3.8, 4) is 0 Å². The number of hydrogen-bond acceptors (Lipinski definition) is 4. The molecule has 6 heteroatoms. The first-order chi connectivity index (χ1) is 11.1. The Hall–Kier alpha value is -1.88. The van der Waals surface area contributed by atoms with Gasteiger partial charge < -0.3 is 4.90 Å². The Morgan fingerprint density at radius 1 is 1.22 bits per heavy atom. The van der Waals surface area contributed by atoms with Crippen molar-refractivity contribution < 1.29 is 0 Å². The average Bonchev–Trinajstić information content (AvgIpc) is 2.94. The molecule has 0 unspecified atom stereocenters. The van der Waals surface area contributed by atoms with Crippen LogP contribution in [-0.2, 0) is 0 Å². The number of fused-ring (bicyclic) bond motifs is 2. The topological polar surface area (TPSA) is 29.0 Å². The summed E-state index contributed by atoms with van der Waals surface area (Å²) in [4.78, 5) is 10.8. The second-order valence-corrected chi connectivity index (χ2v) is 7.06. The van der Waals surface area contributed by atoms with Gasteiger partial charge in [0.2, 0.25) is 0 Å². The molecule has 0 aliphatic carbocycles. The molecule has 1 aliphatic heterocycles. The van der Waals surface area contributed by atoms with Gasteiger partial charge in [0, 0.05) is 24.5 Å². The number of benzene rings is 1. The van der Waals surface area contributed by atoms with Gasteiger partial charge in [-0.1, -0.05) is 41.4 Å². The monoisotopic (exact) mass is 359 g/mol. The lowest BCUT2D eigenvalue weighted by Crippen LogP contribution is -2.17. The summed E-state index contributed by atoms with van der Waals surface area (Å²) in [6.07, 6.45) is 5.60. The maximum Gasteiger partial charge on any atom is 0.171 e. The zero-order chi connectivity index (χ0) is 16.0. The highest BCUT2D eigenvalue weighted by molar-refractivity contribution is 7.19. The smallest absolute Gasteiger partial charge is 0.171 e.